The lowest BCUT2D eigenvalue weighted by molar-refractivity contribution is -0.286. The van der Waals surface area contributed by atoms with E-state index in [4.69, 9.17) is 25.5 Å². The quantitative estimate of drug-likeness (QED) is 0.290. The second kappa shape index (κ2) is 3.65. The van der Waals surface area contributed by atoms with Gasteiger partial charge in [0.15, 0.2) is 6.29 Å². The molecule has 0 aromatic carbocycles. The summed E-state index contributed by atoms with van der Waals surface area (Å²) >= 11 is 0. The van der Waals surface area contributed by atoms with Crippen molar-refractivity contribution in [1.82, 2.24) is 0 Å². The van der Waals surface area contributed by atoms with Gasteiger partial charge >= 0.3 is 0 Å². The summed E-state index contributed by atoms with van der Waals surface area (Å²) in [5, 5.41) is 44.7. The molecule has 0 saturated carbocycles. The normalized spacial score (nSPS) is 49.2. The summed E-state index contributed by atoms with van der Waals surface area (Å²) in [6, 6.07) is 0. The smallest absolute Gasteiger partial charge is 0.184 e. The Labute approximate surface area is 68.6 Å². The summed E-state index contributed by atoms with van der Waals surface area (Å²) in [7, 11) is 0. The predicted octanol–water partition coefficient (Wildman–Crippen LogP) is -3.22. The van der Waals surface area contributed by atoms with E-state index in [9.17, 15) is 0 Å². The fourth-order valence-corrected chi connectivity index (χ4v) is 1.08. The second-order valence-electron chi connectivity index (χ2n) is 2.72. The third-order valence-corrected chi connectivity index (χ3v) is 1.87. The summed E-state index contributed by atoms with van der Waals surface area (Å²) in [6.45, 7) is -0.526. The molecule has 6 heteroatoms. The van der Waals surface area contributed by atoms with E-state index >= 15 is 0 Å². The van der Waals surface area contributed by atoms with Gasteiger partial charge in [0.25, 0.3) is 0 Å². The summed E-state index contributed by atoms with van der Waals surface area (Å²) in [5.74, 6) is 0. The molecule has 1 unspecified atom stereocenters. The van der Waals surface area contributed by atoms with E-state index in [0.29, 0.717) is 0 Å². The van der Waals surface area contributed by atoms with Crippen LogP contribution < -0.4 is 0 Å². The summed E-state index contributed by atoms with van der Waals surface area (Å²) in [5.41, 5.74) is 0. The van der Waals surface area contributed by atoms with Crippen LogP contribution in [0.15, 0.2) is 0 Å². The van der Waals surface area contributed by atoms with E-state index < -0.39 is 37.3 Å². The van der Waals surface area contributed by atoms with Crippen LogP contribution in [0.4, 0.5) is 0 Å². The predicted molar refractivity (Wildman–Crippen MR) is 36.0 cm³/mol. The van der Waals surface area contributed by atoms with Gasteiger partial charge in [-0.05, 0) is 0 Å². The van der Waals surface area contributed by atoms with Crippen LogP contribution in [0, 0.1) is 0 Å². The van der Waals surface area contributed by atoms with E-state index in [1.807, 2.05) is 0 Å². The third kappa shape index (κ3) is 1.58. The first-order valence-corrected chi connectivity index (χ1v) is 3.56. The average molecular weight is 180 g/mol. The van der Waals surface area contributed by atoms with Crippen LogP contribution in [0.2, 0.25) is 0 Å². The fraction of sp³-hybridized carbons (Fsp3) is 1.00. The van der Waals surface area contributed by atoms with Gasteiger partial charge in [0.1, 0.15) is 24.4 Å². The first-order chi connectivity index (χ1) is 5.57. The Kier molecular flexibility index (Phi) is 2.99. The second-order valence-corrected chi connectivity index (χ2v) is 2.72. The van der Waals surface area contributed by atoms with Gasteiger partial charge in [0.05, 0.1) is 6.61 Å². The van der Waals surface area contributed by atoms with Gasteiger partial charge in [-0.25, -0.2) is 0 Å². The van der Waals surface area contributed by atoms with Crippen LogP contribution in [-0.2, 0) is 4.74 Å². The first kappa shape index (κ1) is 9.85. The molecular weight excluding hydrogens is 168 g/mol. The molecule has 5 atom stereocenters. The Morgan fingerprint density at radius 3 is 2.00 bits per heavy atom. The minimum atomic E-state index is -1.57. The third-order valence-electron chi connectivity index (χ3n) is 1.87. The molecule has 0 amide bonds. The van der Waals surface area contributed by atoms with Gasteiger partial charge in [0, 0.05) is 0 Å². The van der Waals surface area contributed by atoms with Gasteiger partial charge < -0.3 is 30.3 Å². The van der Waals surface area contributed by atoms with Crippen LogP contribution in [0.1, 0.15) is 0 Å². The topological polar surface area (TPSA) is 110 Å². The molecule has 0 spiro atoms. The fourth-order valence-electron chi connectivity index (χ4n) is 1.08. The van der Waals surface area contributed by atoms with Crippen molar-refractivity contribution in [3.63, 3.8) is 0 Å². The highest BCUT2D eigenvalue weighted by atomic mass is 16.6. The molecule has 0 radical (unpaired) electrons. The van der Waals surface area contributed by atoms with Crippen LogP contribution in [0.5, 0.6) is 0 Å². The van der Waals surface area contributed by atoms with E-state index in [2.05, 4.69) is 4.74 Å². The Morgan fingerprint density at radius 1 is 0.917 bits per heavy atom. The molecule has 0 aromatic heterocycles. The zero-order chi connectivity index (χ0) is 9.30. The van der Waals surface area contributed by atoms with Crippen LogP contribution >= 0.6 is 0 Å². The van der Waals surface area contributed by atoms with E-state index in [-0.39, 0.29) is 0 Å². The van der Waals surface area contributed by atoms with Gasteiger partial charge in [-0.2, -0.15) is 0 Å². The van der Waals surface area contributed by atoms with Gasteiger partial charge in [-0.1, -0.05) is 0 Å². The van der Waals surface area contributed by atoms with Gasteiger partial charge in [-0.15, -0.1) is 0 Å². The van der Waals surface area contributed by atoms with Gasteiger partial charge in [-0.3, -0.25) is 0 Å². The molecule has 5 N–H and O–H groups in total. The molecule has 1 saturated heterocycles. The highest BCUT2D eigenvalue weighted by molar-refractivity contribution is 4.87. The Morgan fingerprint density at radius 2 is 1.50 bits per heavy atom. The number of ether oxygens (including phenoxy) is 1. The number of aliphatic hydroxyl groups is 5. The van der Waals surface area contributed by atoms with Crippen LogP contribution in [-0.4, -0.2) is 62.8 Å². The SMILES string of the molecule is OCC1O[C@@H](O)[C@@H](O)[C@H](O)[C@@H]1O. The van der Waals surface area contributed by atoms with Crippen molar-refractivity contribution in [2.24, 2.45) is 0 Å². The Balaban J connectivity index is 2.63. The minimum Gasteiger partial charge on any atom is -0.394 e. The molecule has 0 aliphatic carbocycles. The summed E-state index contributed by atoms with van der Waals surface area (Å²) in [4.78, 5) is 0. The molecule has 72 valence electrons. The maximum Gasteiger partial charge on any atom is 0.184 e. The van der Waals surface area contributed by atoms with Crippen molar-refractivity contribution in [2.45, 2.75) is 30.7 Å². The molecule has 0 aromatic rings. The van der Waals surface area contributed by atoms with Gasteiger partial charge in [0.2, 0.25) is 0 Å². The van der Waals surface area contributed by atoms with Crippen molar-refractivity contribution < 1.29 is 30.3 Å². The zero-order valence-corrected chi connectivity index (χ0v) is 6.24. The molecule has 1 aliphatic heterocycles. The molecule has 0 bridgehead atoms. The average Bonchev–Trinajstić information content (AvgIpc) is 2.08. The maximum atomic E-state index is 9.12. The van der Waals surface area contributed by atoms with E-state index in [1.54, 1.807) is 0 Å². The Hall–Kier alpha value is -0.240. The molecule has 6 nitrogen and oxygen atoms in total. The molecule has 1 heterocycles. The number of rotatable bonds is 1. The molecule has 1 rings (SSSR count). The highest BCUT2D eigenvalue weighted by Gasteiger charge is 2.42. The van der Waals surface area contributed by atoms with Crippen molar-refractivity contribution in [3.05, 3.63) is 0 Å². The van der Waals surface area contributed by atoms with Crippen molar-refractivity contribution >= 4 is 0 Å². The largest absolute Gasteiger partial charge is 0.394 e. The first-order valence-electron chi connectivity index (χ1n) is 3.56. The maximum absolute atomic E-state index is 9.12. The molecule has 12 heavy (non-hydrogen) atoms. The van der Waals surface area contributed by atoms with Crippen molar-refractivity contribution in [3.8, 4) is 0 Å². The lowest BCUT2D eigenvalue weighted by Crippen LogP contribution is -2.58. The van der Waals surface area contributed by atoms with Crippen LogP contribution in [0.25, 0.3) is 0 Å². The lowest BCUT2D eigenvalue weighted by Gasteiger charge is -2.37. The van der Waals surface area contributed by atoms with E-state index in [0.717, 1.165) is 0 Å². The highest BCUT2D eigenvalue weighted by Crippen LogP contribution is 2.18. The number of hydrogen-bond donors (Lipinski definition) is 5. The van der Waals surface area contributed by atoms with Crippen molar-refractivity contribution in [2.75, 3.05) is 6.61 Å². The molecular formula is C6H12O6. The monoisotopic (exact) mass is 180 g/mol. The summed E-state index contributed by atoms with van der Waals surface area (Å²) in [6.07, 6.45) is -7.04. The lowest BCUT2D eigenvalue weighted by atomic mass is 10.00. The van der Waals surface area contributed by atoms with Crippen molar-refractivity contribution in [1.29, 1.82) is 0 Å². The number of hydrogen-bond acceptors (Lipinski definition) is 6. The summed E-state index contributed by atoms with van der Waals surface area (Å²) < 4.78 is 4.58. The van der Waals surface area contributed by atoms with E-state index in [1.165, 1.54) is 0 Å². The zero-order valence-electron chi connectivity index (χ0n) is 6.24. The Bertz CT molecular complexity index is 146. The molecule has 1 aliphatic rings. The number of aliphatic hydroxyl groups excluding tert-OH is 5. The van der Waals surface area contributed by atoms with Crippen LogP contribution in [0.3, 0.4) is 0 Å². The standard InChI is InChI=1S/C6H12O6/c7-1-2-3(8)4(9)5(10)6(11)12-2/h2-11H,1H2/t2?,3-,4-,5+,6-/m1/s1. The minimum absolute atomic E-state index is 0.526. The molecule has 1 fully saturated rings.